The van der Waals surface area contributed by atoms with Crippen LogP contribution in [0, 0.1) is 0 Å². The molecule has 42 heavy (non-hydrogen) atoms. The van der Waals surface area contributed by atoms with Crippen molar-refractivity contribution in [3.8, 4) is 11.5 Å². The first-order valence-electron chi connectivity index (χ1n) is 12.6. The third kappa shape index (κ3) is 10.3. The van der Waals surface area contributed by atoms with Crippen LogP contribution in [0.25, 0.3) is 0 Å². The van der Waals surface area contributed by atoms with E-state index < -0.39 is 45.1 Å². The summed E-state index contributed by atoms with van der Waals surface area (Å²) >= 11 is 0. The predicted octanol–water partition coefficient (Wildman–Crippen LogP) is 5.67. The Hall–Kier alpha value is -4.26. The lowest BCUT2D eigenvalue weighted by molar-refractivity contribution is -0.147. The molecule has 0 saturated heterocycles. The smallest absolute Gasteiger partial charge is 0.489 e. The van der Waals surface area contributed by atoms with Crippen molar-refractivity contribution >= 4 is 22.2 Å². The molecule has 1 amide bonds. The summed E-state index contributed by atoms with van der Waals surface area (Å²) in [5.41, 5.74) is -5.09. The first-order valence-corrected chi connectivity index (χ1v) is 14.0. The molecule has 0 aliphatic carbocycles. The van der Waals surface area contributed by atoms with Gasteiger partial charge in [-0.05, 0) is 49.6 Å². The zero-order valence-electron chi connectivity index (χ0n) is 23.0. The molecule has 0 aromatic heterocycles. The summed E-state index contributed by atoms with van der Waals surface area (Å²) in [6.45, 7) is 4.73. The summed E-state index contributed by atoms with van der Waals surface area (Å²) in [5, 5.41) is 2.41. The van der Waals surface area contributed by atoms with E-state index in [2.05, 4.69) is 9.50 Å². The van der Waals surface area contributed by atoms with E-state index in [1.54, 1.807) is 81.4 Å². The van der Waals surface area contributed by atoms with Crippen LogP contribution >= 0.6 is 0 Å². The molecule has 0 aliphatic heterocycles. The van der Waals surface area contributed by atoms with Crippen molar-refractivity contribution < 1.29 is 49.6 Å². The van der Waals surface area contributed by atoms with Crippen LogP contribution < -0.4 is 14.2 Å². The first-order chi connectivity index (χ1) is 19.6. The maximum absolute atomic E-state index is 13.1. The Bertz CT molecular complexity index is 1460. The number of alkyl carbamates (subject to hydrolysis) is 1. The van der Waals surface area contributed by atoms with Gasteiger partial charge in [0.25, 0.3) is 0 Å². The lowest BCUT2D eigenvalue weighted by Gasteiger charge is -2.23. The normalized spacial score (nSPS) is 12.6. The molecule has 0 fully saturated rings. The average molecular weight is 610 g/mol. The Balaban J connectivity index is 1.91. The molecule has 0 spiro atoms. The molecule has 1 atom stereocenters. The van der Waals surface area contributed by atoms with Crippen molar-refractivity contribution in [3.05, 3.63) is 95.6 Å². The highest BCUT2D eigenvalue weighted by atomic mass is 32.2. The monoisotopic (exact) mass is 609 g/mol. The number of carbonyl (C=O) groups excluding carboxylic acids is 2. The van der Waals surface area contributed by atoms with Crippen molar-refractivity contribution in [1.82, 2.24) is 5.32 Å². The van der Waals surface area contributed by atoms with Crippen molar-refractivity contribution in [1.29, 1.82) is 0 Å². The number of rotatable bonds is 11. The number of halogens is 3. The number of esters is 1. The third-order valence-corrected chi connectivity index (χ3v) is 6.30. The van der Waals surface area contributed by atoms with Crippen LogP contribution in [-0.4, -0.2) is 37.6 Å². The summed E-state index contributed by atoms with van der Waals surface area (Å²) in [6.07, 6.45) is -1.28. The van der Waals surface area contributed by atoms with Gasteiger partial charge in [0, 0.05) is 12.5 Å². The van der Waals surface area contributed by atoms with Crippen molar-refractivity contribution in [2.24, 2.45) is 0 Å². The molecule has 1 N–H and O–H groups in total. The number of hydrogen-bond acceptors (Lipinski definition) is 8. The second kappa shape index (κ2) is 13.6. The maximum atomic E-state index is 13.1. The molecule has 0 aliphatic rings. The van der Waals surface area contributed by atoms with Gasteiger partial charge < -0.3 is 23.7 Å². The number of carbonyl (C=O) groups is 2. The molecule has 0 saturated carbocycles. The van der Waals surface area contributed by atoms with Crippen molar-refractivity contribution in [2.45, 2.75) is 57.6 Å². The van der Waals surface area contributed by atoms with Crippen LogP contribution in [0.4, 0.5) is 18.0 Å². The highest BCUT2D eigenvalue weighted by molar-refractivity contribution is 7.88. The van der Waals surface area contributed by atoms with E-state index in [1.807, 2.05) is 0 Å². The molecule has 3 aromatic rings. The summed E-state index contributed by atoms with van der Waals surface area (Å²) in [5.74, 6) is -1.62. The molecule has 3 aromatic carbocycles. The van der Waals surface area contributed by atoms with Crippen molar-refractivity contribution in [2.75, 3.05) is 0 Å². The van der Waals surface area contributed by atoms with E-state index in [0.717, 1.165) is 17.7 Å². The van der Waals surface area contributed by atoms with Crippen LogP contribution in [0.5, 0.6) is 11.5 Å². The van der Waals surface area contributed by atoms with Crippen molar-refractivity contribution in [3.63, 3.8) is 0 Å². The Labute approximate surface area is 241 Å². The third-order valence-electron chi connectivity index (χ3n) is 5.32. The van der Waals surface area contributed by atoms with Crippen LogP contribution in [0.1, 0.15) is 37.5 Å². The topological polar surface area (TPSA) is 117 Å². The summed E-state index contributed by atoms with van der Waals surface area (Å²) in [7, 11) is -6.01. The highest BCUT2D eigenvalue weighted by Crippen LogP contribution is 2.31. The number of alkyl halides is 3. The Morgan fingerprint density at radius 3 is 1.90 bits per heavy atom. The van der Waals surface area contributed by atoms with Gasteiger partial charge in [-0.3, -0.25) is 0 Å². The summed E-state index contributed by atoms with van der Waals surface area (Å²) in [6, 6.07) is 19.5. The molecule has 0 unspecified atom stereocenters. The number of amides is 1. The van der Waals surface area contributed by atoms with Crippen LogP contribution in [0.3, 0.4) is 0 Å². The minimum atomic E-state index is -6.01. The van der Waals surface area contributed by atoms with Gasteiger partial charge in [-0.1, -0.05) is 60.7 Å². The standard InChI is InChI=1S/C29H30F3NO8S/c1-28(2,3)40-27(35)33-25(26(34)39-19-21-12-8-5-9-13-21)16-22-14-23(38-18-20-10-6-4-7-11-20)17-24(15-22)41-42(36,37)29(30,31)32/h4-15,17,25H,16,18-19H2,1-3H3,(H,33,35)/t25-/m0/s1. The van der Waals surface area contributed by atoms with Gasteiger partial charge in [-0.15, -0.1) is 0 Å². The minimum Gasteiger partial charge on any atom is -0.489 e. The number of hydrogen-bond donors (Lipinski definition) is 1. The van der Waals surface area contributed by atoms with Gasteiger partial charge in [0.05, 0.1) is 0 Å². The fourth-order valence-electron chi connectivity index (χ4n) is 3.50. The maximum Gasteiger partial charge on any atom is 0.534 e. The van der Waals surface area contributed by atoms with E-state index in [4.69, 9.17) is 14.2 Å². The van der Waals surface area contributed by atoms with E-state index in [-0.39, 0.29) is 30.9 Å². The quantitative estimate of drug-likeness (QED) is 0.168. The molecular weight excluding hydrogens is 579 g/mol. The summed E-state index contributed by atoms with van der Waals surface area (Å²) < 4.78 is 83.2. The fourth-order valence-corrected chi connectivity index (χ4v) is 3.95. The molecule has 9 nitrogen and oxygen atoms in total. The molecule has 13 heteroatoms. The number of benzene rings is 3. The van der Waals surface area contributed by atoms with E-state index >= 15 is 0 Å². The molecule has 0 heterocycles. The molecule has 226 valence electrons. The van der Waals surface area contributed by atoms with Crippen LogP contribution in [0.15, 0.2) is 78.9 Å². The van der Waals surface area contributed by atoms with Gasteiger partial charge in [0.2, 0.25) is 0 Å². The van der Waals surface area contributed by atoms with Gasteiger partial charge >= 0.3 is 27.7 Å². The second-order valence-corrected chi connectivity index (χ2v) is 11.6. The van der Waals surface area contributed by atoms with Gasteiger partial charge in [-0.25, -0.2) is 9.59 Å². The lowest BCUT2D eigenvalue weighted by Crippen LogP contribution is -2.45. The number of nitrogens with one attached hydrogen (secondary N) is 1. The lowest BCUT2D eigenvalue weighted by atomic mass is 10.1. The van der Waals surface area contributed by atoms with Crippen LogP contribution in [0.2, 0.25) is 0 Å². The first kappa shape index (κ1) is 32.3. The Kier molecular flexibility index (Phi) is 10.4. The van der Waals surface area contributed by atoms with Gasteiger partial charge in [0.15, 0.2) is 0 Å². The molecule has 0 bridgehead atoms. The van der Waals surface area contributed by atoms with E-state index in [1.165, 1.54) is 6.07 Å². The van der Waals surface area contributed by atoms with E-state index in [0.29, 0.717) is 5.56 Å². The predicted molar refractivity (Wildman–Crippen MR) is 146 cm³/mol. The zero-order valence-corrected chi connectivity index (χ0v) is 23.8. The largest absolute Gasteiger partial charge is 0.534 e. The molecular formula is C29H30F3NO8S. The average Bonchev–Trinajstić information content (AvgIpc) is 2.89. The zero-order chi connectivity index (χ0) is 31.0. The molecule has 3 rings (SSSR count). The Morgan fingerprint density at radius 2 is 1.36 bits per heavy atom. The van der Waals surface area contributed by atoms with Gasteiger partial charge in [0.1, 0.15) is 36.4 Å². The van der Waals surface area contributed by atoms with Crippen LogP contribution in [-0.2, 0) is 44.0 Å². The minimum absolute atomic E-state index is 0.00550. The Morgan fingerprint density at radius 1 is 0.810 bits per heavy atom. The summed E-state index contributed by atoms with van der Waals surface area (Å²) in [4.78, 5) is 25.6. The van der Waals surface area contributed by atoms with E-state index in [9.17, 15) is 31.2 Å². The number of ether oxygens (including phenoxy) is 3. The van der Waals surface area contributed by atoms with Gasteiger partial charge in [-0.2, -0.15) is 21.6 Å². The fraction of sp³-hybridized carbons (Fsp3) is 0.310. The second-order valence-electron chi connectivity index (χ2n) is 10.1. The molecule has 0 radical (unpaired) electrons. The SMILES string of the molecule is CC(C)(C)OC(=O)N[C@@H](Cc1cc(OCc2ccccc2)cc(OS(=O)(=O)C(F)(F)F)c1)C(=O)OCc1ccccc1. The highest BCUT2D eigenvalue weighted by Gasteiger charge is 2.48.